The van der Waals surface area contributed by atoms with Gasteiger partial charge in [0, 0.05) is 43.7 Å². The minimum absolute atomic E-state index is 0.0979. The van der Waals surface area contributed by atoms with Crippen molar-refractivity contribution in [3.05, 3.63) is 29.6 Å². The van der Waals surface area contributed by atoms with Crippen LogP contribution in [-0.4, -0.2) is 40.0 Å². The summed E-state index contributed by atoms with van der Waals surface area (Å²) in [5, 5.41) is 8.72. The van der Waals surface area contributed by atoms with Gasteiger partial charge >= 0.3 is 5.97 Å². The number of hydrogen-bond acceptors (Lipinski definition) is 3. The number of aryl methyl sites for hydroxylation is 1. The second kappa shape index (κ2) is 6.50. The van der Waals surface area contributed by atoms with E-state index >= 15 is 0 Å². The molecular formula is C15H20N2O3. The Kier molecular flexibility index (Phi) is 4.71. The highest BCUT2D eigenvalue weighted by molar-refractivity contribution is 5.73. The smallest absolute Gasteiger partial charge is 0.303 e. The number of carbonyl (C=O) groups is 2. The Morgan fingerprint density at radius 3 is 2.95 bits per heavy atom. The van der Waals surface area contributed by atoms with E-state index in [1.807, 2.05) is 23.1 Å². The third-order valence-electron chi connectivity index (χ3n) is 3.71. The van der Waals surface area contributed by atoms with Gasteiger partial charge in [-0.1, -0.05) is 6.07 Å². The lowest BCUT2D eigenvalue weighted by atomic mass is 9.94. The molecular weight excluding hydrogens is 256 g/mol. The standard InChI is InChI=1S/C15H20N2O3/c1-11(18)17-9-3-4-12(10-17)14-6-2-5-13(16-14)7-8-15(19)20/h2,5-6,12H,3-4,7-10H2,1H3,(H,19,20)/t12-/m1/s1. The summed E-state index contributed by atoms with van der Waals surface area (Å²) in [4.78, 5) is 28.5. The van der Waals surface area contributed by atoms with Crippen molar-refractivity contribution in [1.82, 2.24) is 9.88 Å². The van der Waals surface area contributed by atoms with Crippen molar-refractivity contribution in [1.29, 1.82) is 0 Å². The molecule has 2 rings (SSSR count). The number of pyridine rings is 1. The monoisotopic (exact) mass is 276 g/mol. The lowest BCUT2D eigenvalue weighted by Gasteiger charge is -2.31. The van der Waals surface area contributed by atoms with Crippen LogP contribution >= 0.6 is 0 Å². The van der Waals surface area contributed by atoms with E-state index in [1.165, 1.54) is 0 Å². The summed E-state index contributed by atoms with van der Waals surface area (Å²) >= 11 is 0. The summed E-state index contributed by atoms with van der Waals surface area (Å²) in [6, 6.07) is 5.75. The first kappa shape index (κ1) is 14.5. The Morgan fingerprint density at radius 2 is 2.25 bits per heavy atom. The first-order valence-corrected chi connectivity index (χ1v) is 6.99. The van der Waals surface area contributed by atoms with E-state index < -0.39 is 5.97 Å². The van der Waals surface area contributed by atoms with Crippen molar-refractivity contribution in [2.24, 2.45) is 0 Å². The number of aromatic nitrogens is 1. The Morgan fingerprint density at radius 1 is 1.45 bits per heavy atom. The second-order valence-corrected chi connectivity index (χ2v) is 5.25. The van der Waals surface area contributed by atoms with Gasteiger partial charge in [0.2, 0.25) is 5.91 Å². The predicted molar refractivity (Wildman–Crippen MR) is 74.4 cm³/mol. The van der Waals surface area contributed by atoms with Crippen molar-refractivity contribution in [3.63, 3.8) is 0 Å². The topological polar surface area (TPSA) is 70.5 Å². The fraction of sp³-hybridized carbons (Fsp3) is 0.533. The zero-order valence-electron chi connectivity index (χ0n) is 11.7. The number of hydrogen-bond donors (Lipinski definition) is 1. The molecule has 1 aliphatic rings. The Labute approximate surface area is 118 Å². The summed E-state index contributed by atoms with van der Waals surface area (Å²) in [5.74, 6) is -0.438. The molecule has 1 amide bonds. The second-order valence-electron chi connectivity index (χ2n) is 5.25. The third-order valence-corrected chi connectivity index (χ3v) is 3.71. The number of carbonyl (C=O) groups excluding carboxylic acids is 1. The van der Waals surface area contributed by atoms with Gasteiger partial charge in [-0.25, -0.2) is 0 Å². The molecule has 0 spiro atoms. The molecule has 1 atom stereocenters. The molecule has 108 valence electrons. The van der Waals surface area contributed by atoms with Gasteiger partial charge in [-0.15, -0.1) is 0 Å². The number of rotatable bonds is 4. The van der Waals surface area contributed by atoms with E-state index in [1.54, 1.807) is 6.92 Å². The zero-order chi connectivity index (χ0) is 14.5. The van der Waals surface area contributed by atoms with Gasteiger partial charge in [-0.3, -0.25) is 14.6 Å². The first-order chi connectivity index (χ1) is 9.56. The SMILES string of the molecule is CC(=O)N1CCC[C@@H](c2cccc(CCC(=O)O)n2)C1. The molecule has 0 radical (unpaired) electrons. The molecule has 1 fully saturated rings. The average Bonchev–Trinajstić information content (AvgIpc) is 2.45. The number of likely N-dealkylation sites (tertiary alicyclic amines) is 1. The van der Waals surface area contributed by atoms with Gasteiger partial charge in [-0.2, -0.15) is 0 Å². The van der Waals surface area contributed by atoms with E-state index in [2.05, 4.69) is 4.98 Å². The van der Waals surface area contributed by atoms with Crippen LogP contribution in [0, 0.1) is 0 Å². The summed E-state index contributed by atoms with van der Waals surface area (Å²) in [6.45, 7) is 3.13. The quantitative estimate of drug-likeness (QED) is 0.910. The van der Waals surface area contributed by atoms with Crippen LogP contribution in [0.3, 0.4) is 0 Å². The lowest BCUT2D eigenvalue weighted by Crippen LogP contribution is -2.37. The molecule has 0 aliphatic carbocycles. The van der Waals surface area contributed by atoms with Crippen molar-refractivity contribution in [2.45, 2.75) is 38.5 Å². The highest BCUT2D eigenvalue weighted by atomic mass is 16.4. The van der Waals surface area contributed by atoms with E-state index in [-0.39, 0.29) is 18.2 Å². The Balaban J connectivity index is 2.06. The number of carboxylic acid groups (broad SMARTS) is 1. The highest BCUT2D eigenvalue weighted by Gasteiger charge is 2.23. The first-order valence-electron chi connectivity index (χ1n) is 6.99. The summed E-state index contributed by atoms with van der Waals surface area (Å²) in [5.41, 5.74) is 1.78. The molecule has 1 N–H and O–H groups in total. The van der Waals surface area contributed by atoms with Crippen LogP contribution in [0.4, 0.5) is 0 Å². The molecule has 1 aromatic rings. The van der Waals surface area contributed by atoms with E-state index in [9.17, 15) is 9.59 Å². The lowest BCUT2D eigenvalue weighted by molar-refractivity contribution is -0.137. The molecule has 5 nitrogen and oxygen atoms in total. The zero-order valence-corrected chi connectivity index (χ0v) is 11.7. The molecule has 2 heterocycles. The van der Waals surface area contributed by atoms with Gasteiger partial charge in [0.15, 0.2) is 0 Å². The molecule has 20 heavy (non-hydrogen) atoms. The Hall–Kier alpha value is -1.91. The van der Waals surface area contributed by atoms with Gasteiger partial charge in [0.25, 0.3) is 0 Å². The van der Waals surface area contributed by atoms with Crippen molar-refractivity contribution in [2.75, 3.05) is 13.1 Å². The molecule has 0 unspecified atom stereocenters. The molecule has 0 bridgehead atoms. The number of nitrogens with zero attached hydrogens (tertiary/aromatic N) is 2. The number of piperidine rings is 1. The maximum Gasteiger partial charge on any atom is 0.303 e. The van der Waals surface area contributed by atoms with Crippen molar-refractivity contribution in [3.8, 4) is 0 Å². The largest absolute Gasteiger partial charge is 0.481 e. The highest BCUT2D eigenvalue weighted by Crippen LogP contribution is 2.25. The van der Waals surface area contributed by atoms with Crippen LogP contribution in [0.5, 0.6) is 0 Å². The molecule has 1 saturated heterocycles. The molecule has 0 saturated carbocycles. The van der Waals surface area contributed by atoms with Crippen molar-refractivity contribution >= 4 is 11.9 Å². The van der Waals surface area contributed by atoms with Crippen LogP contribution in [0.15, 0.2) is 18.2 Å². The van der Waals surface area contributed by atoms with Crippen molar-refractivity contribution < 1.29 is 14.7 Å². The van der Waals surface area contributed by atoms with Crippen LogP contribution in [0.1, 0.15) is 43.5 Å². The van der Waals surface area contributed by atoms with Crippen LogP contribution < -0.4 is 0 Å². The molecule has 1 aliphatic heterocycles. The normalized spacial score (nSPS) is 18.9. The average molecular weight is 276 g/mol. The van der Waals surface area contributed by atoms with E-state index in [4.69, 9.17) is 5.11 Å². The summed E-state index contributed by atoms with van der Waals surface area (Å²) < 4.78 is 0. The number of amides is 1. The Bertz CT molecular complexity index is 502. The molecule has 1 aromatic heterocycles. The van der Waals surface area contributed by atoms with Crippen LogP contribution in [-0.2, 0) is 16.0 Å². The molecule has 5 heteroatoms. The van der Waals surface area contributed by atoms with Gasteiger partial charge in [0.1, 0.15) is 0 Å². The fourth-order valence-corrected chi connectivity index (χ4v) is 2.60. The van der Waals surface area contributed by atoms with E-state index in [0.717, 1.165) is 30.8 Å². The van der Waals surface area contributed by atoms with Crippen LogP contribution in [0.2, 0.25) is 0 Å². The third kappa shape index (κ3) is 3.79. The predicted octanol–water partition coefficient (Wildman–Crippen LogP) is 1.82. The minimum Gasteiger partial charge on any atom is -0.481 e. The minimum atomic E-state index is -0.808. The maximum atomic E-state index is 11.5. The van der Waals surface area contributed by atoms with Crippen LogP contribution in [0.25, 0.3) is 0 Å². The fourth-order valence-electron chi connectivity index (χ4n) is 2.60. The van der Waals surface area contributed by atoms with Gasteiger partial charge in [0.05, 0.1) is 6.42 Å². The van der Waals surface area contributed by atoms with E-state index in [0.29, 0.717) is 13.0 Å². The number of carboxylic acids is 1. The summed E-state index contributed by atoms with van der Waals surface area (Å²) in [6.07, 6.45) is 2.57. The van der Waals surface area contributed by atoms with Gasteiger partial charge in [-0.05, 0) is 25.0 Å². The molecule has 0 aromatic carbocycles. The summed E-state index contributed by atoms with van der Waals surface area (Å²) in [7, 11) is 0. The number of aliphatic carboxylic acids is 1. The maximum absolute atomic E-state index is 11.5. The van der Waals surface area contributed by atoms with Gasteiger partial charge < -0.3 is 10.0 Å².